The largest absolute Gasteiger partial charge is 0.343 e. The van der Waals surface area contributed by atoms with Crippen molar-refractivity contribution in [2.45, 2.75) is 71.9 Å². The number of carbonyl (C=O) groups excluding carboxylic acids is 1. The van der Waals surface area contributed by atoms with Crippen LogP contribution in [0.15, 0.2) is 6.20 Å². The zero-order valence-corrected chi connectivity index (χ0v) is 18.0. The van der Waals surface area contributed by atoms with Crippen LogP contribution in [0.2, 0.25) is 0 Å². The van der Waals surface area contributed by atoms with Crippen LogP contribution >= 0.6 is 0 Å². The van der Waals surface area contributed by atoms with E-state index < -0.39 is 0 Å². The number of hydrogen-bond donors (Lipinski definition) is 1. The van der Waals surface area contributed by atoms with Gasteiger partial charge in [-0.3, -0.25) is 9.48 Å². The summed E-state index contributed by atoms with van der Waals surface area (Å²) in [5.74, 6) is 1.54. The van der Waals surface area contributed by atoms with E-state index in [0.29, 0.717) is 12.3 Å². The Hall–Kier alpha value is -2.28. The summed E-state index contributed by atoms with van der Waals surface area (Å²) in [5.41, 5.74) is 5.83. The molecule has 0 radical (unpaired) electrons. The van der Waals surface area contributed by atoms with Crippen molar-refractivity contribution in [2.75, 3.05) is 19.6 Å². The summed E-state index contributed by atoms with van der Waals surface area (Å²) >= 11 is 0. The summed E-state index contributed by atoms with van der Waals surface area (Å²) in [6.07, 6.45) is 5.34. The number of hydrogen-bond acceptors (Lipinski definition) is 5. The van der Waals surface area contributed by atoms with E-state index >= 15 is 0 Å². The van der Waals surface area contributed by atoms with Crippen LogP contribution in [0.5, 0.6) is 0 Å². The highest BCUT2D eigenvalue weighted by Crippen LogP contribution is 2.28. The highest BCUT2D eigenvalue weighted by atomic mass is 16.2. The van der Waals surface area contributed by atoms with Gasteiger partial charge in [0.05, 0.1) is 11.7 Å². The molecule has 156 valence electrons. The Morgan fingerprint density at radius 1 is 1.28 bits per heavy atom. The smallest absolute Gasteiger partial charge is 0.224 e. The third-order valence-corrected chi connectivity index (χ3v) is 6.61. The number of nitrogens with one attached hydrogen (secondary N) is 1. The van der Waals surface area contributed by atoms with Crippen LogP contribution in [0.1, 0.15) is 72.2 Å². The fourth-order valence-corrected chi connectivity index (χ4v) is 4.48. The number of nitrogens with zero attached hydrogens (tertiary/aromatic N) is 5. The van der Waals surface area contributed by atoms with Crippen LogP contribution in [-0.4, -0.2) is 50.2 Å². The van der Waals surface area contributed by atoms with E-state index in [4.69, 9.17) is 4.98 Å². The maximum atomic E-state index is 12.9. The standard InChI is InChI=1S/C22H32N6O/c1-14(28-17(4)15(2)16(3)26-28)11-21(29)27-9-6-18(7-10-27)22-24-13-19-12-23-8-5-20(19)25-22/h13-14,18,23H,5-12H2,1-4H3. The molecule has 7 nitrogen and oxygen atoms in total. The Bertz CT molecular complexity index is 897. The van der Waals surface area contributed by atoms with Gasteiger partial charge in [-0.15, -0.1) is 0 Å². The van der Waals surface area contributed by atoms with E-state index in [0.717, 1.165) is 62.7 Å². The third-order valence-electron chi connectivity index (χ3n) is 6.61. The van der Waals surface area contributed by atoms with Gasteiger partial charge in [-0.2, -0.15) is 5.10 Å². The average molecular weight is 397 g/mol. The van der Waals surface area contributed by atoms with Gasteiger partial charge in [0.2, 0.25) is 5.91 Å². The first-order valence-electron chi connectivity index (χ1n) is 10.8. The van der Waals surface area contributed by atoms with Crippen LogP contribution < -0.4 is 5.32 Å². The second-order valence-electron chi connectivity index (χ2n) is 8.58. The SMILES string of the molecule is Cc1nn(C(C)CC(=O)N2CCC(c3ncc4c(n3)CCNC4)CC2)c(C)c1C. The van der Waals surface area contributed by atoms with Crippen molar-refractivity contribution in [3.8, 4) is 0 Å². The Morgan fingerprint density at radius 2 is 2.03 bits per heavy atom. The Labute approximate surface area is 172 Å². The molecule has 0 aromatic carbocycles. The van der Waals surface area contributed by atoms with Crippen molar-refractivity contribution in [3.05, 3.63) is 40.2 Å². The zero-order chi connectivity index (χ0) is 20.5. The fraction of sp³-hybridized carbons (Fsp3) is 0.636. The lowest BCUT2D eigenvalue weighted by atomic mass is 9.95. The second kappa shape index (κ2) is 8.22. The molecule has 4 heterocycles. The molecule has 1 N–H and O–H groups in total. The maximum absolute atomic E-state index is 12.9. The van der Waals surface area contributed by atoms with Gasteiger partial charge in [-0.25, -0.2) is 9.97 Å². The van der Waals surface area contributed by atoms with Gasteiger partial charge in [0.15, 0.2) is 0 Å². The molecular formula is C22H32N6O. The molecule has 0 aliphatic carbocycles. The summed E-state index contributed by atoms with van der Waals surface area (Å²) in [5, 5.41) is 7.98. The van der Waals surface area contributed by atoms with E-state index in [1.807, 2.05) is 22.7 Å². The summed E-state index contributed by atoms with van der Waals surface area (Å²) in [6.45, 7) is 11.7. The lowest BCUT2D eigenvalue weighted by Crippen LogP contribution is -2.39. The average Bonchev–Trinajstić information content (AvgIpc) is 3.01. The maximum Gasteiger partial charge on any atom is 0.224 e. The number of rotatable bonds is 4. The lowest BCUT2D eigenvalue weighted by Gasteiger charge is -2.32. The Morgan fingerprint density at radius 3 is 2.72 bits per heavy atom. The highest BCUT2D eigenvalue weighted by molar-refractivity contribution is 5.76. The molecule has 2 aromatic rings. The van der Waals surface area contributed by atoms with Crippen LogP contribution in [0, 0.1) is 20.8 Å². The number of amides is 1. The quantitative estimate of drug-likeness (QED) is 0.860. The highest BCUT2D eigenvalue weighted by Gasteiger charge is 2.27. The number of likely N-dealkylation sites (tertiary alicyclic amines) is 1. The Kier molecular flexibility index (Phi) is 5.67. The van der Waals surface area contributed by atoms with Crippen LogP contribution in [0.25, 0.3) is 0 Å². The monoisotopic (exact) mass is 396 g/mol. The van der Waals surface area contributed by atoms with E-state index in [-0.39, 0.29) is 11.9 Å². The van der Waals surface area contributed by atoms with Crippen LogP contribution in [0.4, 0.5) is 0 Å². The van der Waals surface area contributed by atoms with Gasteiger partial charge in [0, 0.05) is 68.1 Å². The molecule has 2 aromatic heterocycles. The van der Waals surface area contributed by atoms with E-state index in [1.165, 1.54) is 16.8 Å². The van der Waals surface area contributed by atoms with E-state index in [1.54, 1.807) is 0 Å². The van der Waals surface area contributed by atoms with Gasteiger partial charge in [-0.1, -0.05) is 0 Å². The summed E-state index contributed by atoms with van der Waals surface area (Å²) in [4.78, 5) is 24.4. The van der Waals surface area contributed by atoms with Crippen molar-refractivity contribution in [1.82, 2.24) is 30.0 Å². The van der Waals surface area contributed by atoms with Gasteiger partial charge >= 0.3 is 0 Å². The van der Waals surface area contributed by atoms with Crippen molar-refractivity contribution in [3.63, 3.8) is 0 Å². The van der Waals surface area contributed by atoms with E-state index in [2.05, 4.69) is 36.2 Å². The number of fused-ring (bicyclic) bond motifs is 1. The summed E-state index contributed by atoms with van der Waals surface area (Å²) < 4.78 is 2.01. The number of piperidine rings is 1. The predicted octanol–water partition coefficient (Wildman–Crippen LogP) is 2.60. The summed E-state index contributed by atoms with van der Waals surface area (Å²) in [7, 11) is 0. The molecule has 1 atom stereocenters. The van der Waals surface area contributed by atoms with Gasteiger partial charge in [-0.05, 0) is 46.1 Å². The normalized spacial score (nSPS) is 18.6. The molecule has 0 saturated carbocycles. The van der Waals surface area contributed by atoms with Crippen molar-refractivity contribution in [1.29, 1.82) is 0 Å². The van der Waals surface area contributed by atoms with Gasteiger partial charge < -0.3 is 10.2 Å². The fourth-order valence-electron chi connectivity index (χ4n) is 4.48. The van der Waals surface area contributed by atoms with Crippen molar-refractivity contribution < 1.29 is 4.79 Å². The van der Waals surface area contributed by atoms with Crippen LogP contribution in [0.3, 0.4) is 0 Å². The number of aromatic nitrogens is 4. The first-order chi connectivity index (χ1) is 13.9. The van der Waals surface area contributed by atoms with Crippen molar-refractivity contribution in [2.24, 2.45) is 0 Å². The molecule has 4 rings (SSSR count). The second-order valence-corrected chi connectivity index (χ2v) is 8.58. The number of aryl methyl sites for hydroxylation is 1. The Balaban J connectivity index is 1.34. The van der Waals surface area contributed by atoms with Gasteiger partial charge in [0.25, 0.3) is 0 Å². The minimum absolute atomic E-state index is 0.0743. The molecule has 2 aliphatic rings. The minimum atomic E-state index is 0.0743. The van der Waals surface area contributed by atoms with E-state index in [9.17, 15) is 4.79 Å². The first kappa shape index (κ1) is 20.0. The van der Waals surface area contributed by atoms with Crippen molar-refractivity contribution >= 4 is 5.91 Å². The minimum Gasteiger partial charge on any atom is -0.343 e. The molecule has 0 bridgehead atoms. The molecule has 0 spiro atoms. The molecular weight excluding hydrogens is 364 g/mol. The van der Waals surface area contributed by atoms with Crippen LogP contribution in [-0.2, 0) is 17.8 Å². The molecule has 2 aliphatic heterocycles. The molecule has 1 saturated heterocycles. The molecule has 1 fully saturated rings. The zero-order valence-electron chi connectivity index (χ0n) is 18.0. The third kappa shape index (κ3) is 4.06. The lowest BCUT2D eigenvalue weighted by molar-refractivity contribution is -0.133. The molecule has 7 heteroatoms. The first-order valence-corrected chi connectivity index (χ1v) is 10.8. The number of carbonyl (C=O) groups is 1. The summed E-state index contributed by atoms with van der Waals surface area (Å²) in [6, 6.07) is 0.0743. The topological polar surface area (TPSA) is 75.9 Å². The molecule has 1 amide bonds. The molecule has 29 heavy (non-hydrogen) atoms. The predicted molar refractivity (Wildman–Crippen MR) is 112 cm³/mol. The molecule has 1 unspecified atom stereocenters. The van der Waals surface area contributed by atoms with Gasteiger partial charge in [0.1, 0.15) is 5.82 Å².